The average molecular weight is 430 g/mol. The number of Topliss-reactive ketones (excluding diaryl/α,β-unsaturated/α-hetero) is 1. The lowest BCUT2D eigenvalue weighted by atomic mass is 9.51. The molecule has 4 heteroatoms. The largest absolute Gasteiger partial charge is 0.393 e. The summed E-state index contributed by atoms with van der Waals surface area (Å²) in [6.07, 6.45) is 9.08. The molecule has 0 amide bonds. The first kappa shape index (κ1) is 21.1. The predicted molar refractivity (Wildman–Crippen MR) is 120 cm³/mol. The molecule has 174 valence electrons. The summed E-state index contributed by atoms with van der Waals surface area (Å²) >= 11 is 0. The van der Waals surface area contributed by atoms with Crippen LogP contribution in [0.4, 0.5) is 0 Å². The topological polar surface area (TPSA) is 60.8 Å². The van der Waals surface area contributed by atoms with Crippen molar-refractivity contribution in [2.45, 2.75) is 96.3 Å². The molecule has 4 saturated carbocycles. The van der Waals surface area contributed by atoms with E-state index < -0.39 is 5.60 Å². The van der Waals surface area contributed by atoms with E-state index in [4.69, 9.17) is 0 Å². The molecule has 0 bridgehead atoms. The third-order valence-corrected chi connectivity index (χ3v) is 11.8. The Hall–Kier alpha value is -0.450. The Balaban J connectivity index is 1.31. The van der Waals surface area contributed by atoms with Crippen LogP contribution in [-0.4, -0.2) is 51.7 Å². The van der Waals surface area contributed by atoms with Crippen LogP contribution in [0.5, 0.6) is 0 Å². The van der Waals surface area contributed by atoms with Crippen molar-refractivity contribution in [1.82, 2.24) is 4.90 Å². The van der Waals surface area contributed by atoms with Crippen molar-refractivity contribution in [3.8, 4) is 0 Å². The van der Waals surface area contributed by atoms with Crippen molar-refractivity contribution in [3.63, 3.8) is 0 Å². The minimum Gasteiger partial charge on any atom is -0.393 e. The van der Waals surface area contributed by atoms with E-state index in [9.17, 15) is 15.0 Å². The third kappa shape index (κ3) is 2.93. The number of aliphatic hydroxyl groups is 2. The highest BCUT2D eigenvalue weighted by Gasteiger charge is 2.64. The monoisotopic (exact) mass is 429 g/mol. The fourth-order valence-corrected chi connectivity index (χ4v) is 10.4. The molecule has 0 radical (unpaired) electrons. The third-order valence-electron chi connectivity index (χ3n) is 11.8. The van der Waals surface area contributed by atoms with Crippen molar-refractivity contribution >= 4 is 5.78 Å². The maximum atomic E-state index is 13.2. The van der Waals surface area contributed by atoms with Gasteiger partial charge in [0.05, 0.1) is 11.7 Å². The molecule has 6 rings (SSSR count). The van der Waals surface area contributed by atoms with Gasteiger partial charge in [0.25, 0.3) is 0 Å². The number of ketones is 1. The van der Waals surface area contributed by atoms with Gasteiger partial charge in [-0.3, -0.25) is 9.69 Å². The van der Waals surface area contributed by atoms with Crippen molar-refractivity contribution in [3.05, 3.63) is 0 Å². The summed E-state index contributed by atoms with van der Waals surface area (Å²) in [5, 5.41) is 22.1. The lowest BCUT2D eigenvalue weighted by molar-refractivity contribution is -0.175. The second-order valence-corrected chi connectivity index (χ2v) is 13.2. The van der Waals surface area contributed by atoms with Crippen molar-refractivity contribution < 1.29 is 15.0 Å². The highest BCUT2D eigenvalue weighted by molar-refractivity contribution is 5.83. The minimum absolute atomic E-state index is 0.0789. The molecule has 2 saturated heterocycles. The van der Waals surface area contributed by atoms with Crippen LogP contribution in [0.2, 0.25) is 0 Å². The number of piperidine rings is 2. The molecule has 0 unspecified atom stereocenters. The summed E-state index contributed by atoms with van der Waals surface area (Å²) in [7, 11) is 0. The van der Waals surface area contributed by atoms with Crippen molar-refractivity contribution in [1.29, 1.82) is 0 Å². The molecule has 2 heterocycles. The first-order valence-electron chi connectivity index (χ1n) is 13.4. The predicted octanol–water partition coefficient (Wildman–Crippen LogP) is 3.89. The first-order valence-corrected chi connectivity index (χ1v) is 13.4. The van der Waals surface area contributed by atoms with Crippen LogP contribution in [0.1, 0.15) is 78.6 Å². The standard InChI is InChI=1S/C27H43NO3/c1-15-4-7-25-27(3,31)21-6-5-17-18(20(21)14-28(25)13-15)11-22-19(17)12-24(30)23-10-16(29)8-9-26(22,23)2/h15-23,25,29,31H,4-14H2,1-3H3/t15-,16-,17-,18-,19-,20-,21+,22-,23+,25+,26-,27-/m1/s1. The van der Waals surface area contributed by atoms with Crippen LogP contribution in [0, 0.1) is 52.8 Å². The van der Waals surface area contributed by atoms with Gasteiger partial charge >= 0.3 is 0 Å². The van der Waals surface area contributed by atoms with Gasteiger partial charge in [-0.2, -0.15) is 0 Å². The summed E-state index contributed by atoms with van der Waals surface area (Å²) in [6.45, 7) is 9.23. The van der Waals surface area contributed by atoms with Crippen LogP contribution in [0.3, 0.4) is 0 Å². The van der Waals surface area contributed by atoms with Crippen molar-refractivity contribution in [2.75, 3.05) is 13.1 Å². The molecule has 0 aromatic rings. The average Bonchev–Trinajstić information content (AvgIpc) is 3.09. The Morgan fingerprint density at radius 3 is 2.52 bits per heavy atom. The highest BCUT2D eigenvalue weighted by atomic mass is 16.3. The lowest BCUT2D eigenvalue weighted by Gasteiger charge is -2.59. The molecule has 6 aliphatic rings. The van der Waals surface area contributed by atoms with Gasteiger partial charge in [0.2, 0.25) is 0 Å². The van der Waals surface area contributed by atoms with E-state index in [2.05, 4.69) is 25.7 Å². The fraction of sp³-hybridized carbons (Fsp3) is 0.963. The SMILES string of the molecule is C[C@@H]1CC[C@@H]2N(C1)C[C@@H]1[C@@H]3C[C@@H]4[C@H](CC(=O)[C@@H]5C[C@H](O)CC[C@]45C)[C@@H]3CC[C@@H]1[C@@]2(C)O. The van der Waals surface area contributed by atoms with E-state index in [0.29, 0.717) is 53.8 Å². The normalized spacial score (nSPS) is 59.2. The summed E-state index contributed by atoms with van der Waals surface area (Å²) in [4.78, 5) is 15.9. The van der Waals surface area contributed by atoms with Gasteiger partial charge in [-0.25, -0.2) is 0 Å². The van der Waals surface area contributed by atoms with Crippen LogP contribution in [0.15, 0.2) is 0 Å². The molecule has 31 heavy (non-hydrogen) atoms. The Bertz CT molecular complexity index is 751. The quantitative estimate of drug-likeness (QED) is 0.613. The molecule has 12 atom stereocenters. The molecule has 2 aliphatic heterocycles. The molecule has 4 aliphatic carbocycles. The zero-order valence-corrected chi connectivity index (χ0v) is 19.8. The second-order valence-electron chi connectivity index (χ2n) is 13.2. The number of carbonyl (C=O) groups is 1. The molecule has 6 fully saturated rings. The number of hydrogen-bond donors (Lipinski definition) is 2. The van der Waals surface area contributed by atoms with E-state index in [1.165, 1.54) is 25.8 Å². The van der Waals surface area contributed by atoms with Crippen LogP contribution in [-0.2, 0) is 4.79 Å². The Morgan fingerprint density at radius 1 is 0.903 bits per heavy atom. The van der Waals surface area contributed by atoms with E-state index in [-0.39, 0.29) is 17.4 Å². The lowest BCUT2D eigenvalue weighted by Crippen LogP contribution is -2.67. The van der Waals surface area contributed by atoms with E-state index in [1.807, 2.05) is 0 Å². The van der Waals surface area contributed by atoms with E-state index >= 15 is 0 Å². The Kier molecular flexibility index (Phi) is 4.78. The van der Waals surface area contributed by atoms with Gasteiger partial charge in [0, 0.05) is 31.5 Å². The zero-order valence-electron chi connectivity index (χ0n) is 19.8. The maximum absolute atomic E-state index is 13.2. The minimum atomic E-state index is -0.570. The smallest absolute Gasteiger partial charge is 0.136 e. The summed E-state index contributed by atoms with van der Waals surface area (Å²) in [5.74, 6) is 4.82. The molecule has 0 aromatic heterocycles. The van der Waals surface area contributed by atoms with Gasteiger partial charge < -0.3 is 10.2 Å². The Morgan fingerprint density at radius 2 is 1.71 bits per heavy atom. The number of carbonyl (C=O) groups excluding carboxylic acids is 1. The molecular formula is C27H43NO3. The number of rotatable bonds is 0. The maximum Gasteiger partial charge on any atom is 0.136 e. The number of hydrogen-bond acceptors (Lipinski definition) is 4. The molecule has 0 aromatic carbocycles. The first-order chi connectivity index (χ1) is 14.7. The number of aliphatic hydroxyl groups excluding tert-OH is 1. The van der Waals surface area contributed by atoms with Crippen LogP contribution < -0.4 is 0 Å². The van der Waals surface area contributed by atoms with Gasteiger partial charge in [-0.15, -0.1) is 0 Å². The van der Waals surface area contributed by atoms with Crippen LogP contribution in [0.25, 0.3) is 0 Å². The van der Waals surface area contributed by atoms with E-state index in [1.54, 1.807) is 0 Å². The highest BCUT2D eigenvalue weighted by Crippen LogP contribution is 2.66. The fourth-order valence-electron chi connectivity index (χ4n) is 10.4. The molecule has 2 N–H and O–H groups in total. The van der Waals surface area contributed by atoms with E-state index in [0.717, 1.165) is 44.6 Å². The van der Waals surface area contributed by atoms with Crippen molar-refractivity contribution in [2.24, 2.45) is 52.8 Å². The zero-order chi connectivity index (χ0) is 21.7. The number of nitrogens with zero attached hydrogens (tertiary/aromatic N) is 1. The molecular weight excluding hydrogens is 386 g/mol. The molecule has 4 nitrogen and oxygen atoms in total. The van der Waals surface area contributed by atoms with Crippen LogP contribution >= 0.6 is 0 Å². The second kappa shape index (κ2) is 7.03. The summed E-state index contributed by atoms with van der Waals surface area (Å²) in [5.41, 5.74) is -0.482. The number of fused-ring (bicyclic) bond motifs is 8. The summed E-state index contributed by atoms with van der Waals surface area (Å²) < 4.78 is 0. The van der Waals surface area contributed by atoms with Gasteiger partial charge in [0.1, 0.15) is 5.78 Å². The van der Waals surface area contributed by atoms with Gasteiger partial charge in [-0.1, -0.05) is 13.8 Å². The molecule has 0 spiro atoms. The van der Waals surface area contributed by atoms with Gasteiger partial charge in [0.15, 0.2) is 0 Å². The Labute approximate surface area is 188 Å². The summed E-state index contributed by atoms with van der Waals surface area (Å²) in [6, 6.07) is 0.341. The van der Waals surface area contributed by atoms with Gasteiger partial charge in [-0.05, 0) is 105 Å².